The molecule has 34 heavy (non-hydrogen) atoms. The van der Waals surface area contributed by atoms with E-state index >= 15 is 0 Å². The number of likely N-dealkylation sites (tertiary alicyclic amines) is 1. The number of hydrogen-bond donors (Lipinski definition) is 1. The van der Waals surface area contributed by atoms with Crippen molar-refractivity contribution in [3.8, 4) is 6.07 Å². The number of rotatable bonds is 4. The van der Waals surface area contributed by atoms with E-state index in [1.807, 2.05) is 0 Å². The number of nitriles is 1. The van der Waals surface area contributed by atoms with Gasteiger partial charge in [-0.2, -0.15) is 5.26 Å². The van der Waals surface area contributed by atoms with Gasteiger partial charge in [0.1, 0.15) is 0 Å². The predicted octanol–water partition coefficient (Wildman–Crippen LogP) is 3.52. The molecule has 2 saturated heterocycles. The second-order valence-electron chi connectivity index (χ2n) is 11.4. The van der Waals surface area contributed by atoms with Crippen LogP contribution in [0.3, 0.4) is 0 Å². The Kier molecular flexibility index (Phi) is 5.64. The number of carbonyl (C=O) groups excluding carboxylic acids is 2. The number of benzene rings is 1. The Labute approximate surface area is 202 Å². The van der Waals surface area contributed by atoms with Crippen LogP contribution in [0.4, 0.5) is 0 Å². The molecule has 2 amide bonds. The molecule has 6 heteroatoms. The lowest BCUT2D eigenvalue weighted by atomic mass is 9.73. The molecule has 1 aromatic rings. The minimum Gasteiger partial charge on any atom is -0.381 e. The van der Waals surface area contributed by atoms with Crippen molar-refractivity contribution < 1.29 is 14.3 Å². The van der Waals surface area contributed by atoms with Crippen LogP contribution in [0.5, 0.6) is 0 Å². The summed E-state index contributed by atoms with van der Waals surface area (Å²) in [6.45, 7) is 3.17. The van der Waals surface area contributed by atoms with Crippen LogP contribution in [-0.2, 0) is 19.7 Å². The number of fused-ring (bicyclic) bond motifs is 3. The predicted molar refractivity (Wildman–Crippen MR) is 127 cm³/mol. The van der Waals surface area contributed by atoms with Crippen molar-refractivity contribution in [1.82, 2.24) is 10.2 Å². The van der Waals surface area contributed by atoms with E-state index in [0.717, 1.165) is 71.2 Å². The van der Waals surface area contributed by atoms with Crippen molar-refractivity contribution in [2.75, 3.05) is 26.3 Å². The molecule has 3 aliphatic carbocycles. The normalized spacial score (nSPS) is 35.3. The average molecular weight is 462 g/mol. The monoisotopic (exact) mass is 461 g/mol. The largest absolute Gasteiger partial charge is 0.381 e. The van der Waals surface area contributed by atoms with Crippen molar-refractivity contribution >= 4 is 11.8 Å². The fraction of sp³-hybridized carbons (Fsp3) is 0.679. The van der Waals surface area contributed by atoms with Gasteiger partial charge in [0.05, 0.1) is 19.3 Å². The molecule has 6 nitrogen and oxygen atoms in total. The SMILES string of the molecule is N#CC1CCC(NC(=O)CC2CC3(CCN(C(=O)C4[C@H]5COC[C@@H]45)CC3)c3ccccc32)CC1. The van der Waals surface area contributed by atoms with Crippen molar-refractivity contribution in [2.24, 2.45) is 23.7 Å². The first kappa shape index (κ1) is 22.1. The lowest BCUT2D eigenvalue weighted by molar-refractivity contribution is -0.135. The minimum atomic E-state index is 0.0890. The van der Waals surface area contributed by atoms with Crippen molar-refractivity contribution in [1.29, 1.82) is 5.26 Å². The van der Waals surface area contributed by atoms with Crippen LogP contribution in [0, 0.1) is 35.0 Å². The van der Waals surface area contributed by atoms with E-state index in [0.29, 0.717) is 24.2 Å². The van der Waals surface area contributed by atoms with Crippen LogP contribution >= 0.6 is 0 Å². The van der Waals surface area contributed by atoms with E-state index in [2.05, 4.69) is 40.6 Å². The fourth-order valence-corrected chi connectivity index (χ4v) is 7.53. The third-order valence-corrected chi connectivity index (χ3v) is 9.59. The third kappa shape index (κ3) is 3.82. The molecule has 1 aromatic carbocycles. The van der Waals surface area contributed by atoms with Crippen molar-refractivity contribution in [3.05, 3.63) is 35.4 Å². The number of carbonyl (C=O) groups is 2. The standard InChI is InChI=1S/C28H35N3O3/c29-15-18-5-7-20(8-6-18)30-25(32)13-19-14-28(24-4-2-1-3-21(19)24)9-11-31(12-10-28)27(33)26-22-16-34-17-23(22)26/h1-4,18-20,22-23,26H,5-14,16-17H2,(H,30,32)/t18?,19?,20?,22-,23+,26?. The number of hydrogen-bond acceptors (Lipinski definition) is 4. The highest BCUT2D eigenvalue weighted by molar-refractivity contribution is 5.83. The van der Waals surface area contributed by atoms with Gasteiger partial charge in [-0.15, -0.1) is 0 Å². The van der Waals surface area contributed by atoms with Crippen LogP contribution < -0.4 is 5.32 Å². The van der Waals surface area contributed by atoms with E-state index in [-0.39, 0.29) is 35.1 Å². The van der Waals surface area contributed by atoms with E-state index in [9.17, 15) is 9.59 Å². The number of amides is 2. The maximum atomic E-state index is 13.1. The van der Waals surface area contributed by atoms with Crippen molar-refractivity contribution in [2.45, 2.75) is 68.7 Å². The lowest BCUT2D eigenvalue weighted by Gasteiger charge is -2.40. The summed E-state index contributed by atoms with van der Waals surface area (Å²) >= 11 is 0. The summed E-state index contributed by atoms with van der Waals surface area (Å²) < 4.78 is 5.47. The summed E-state index contributed by atoms with van der Waals surface area (Å²) in [4.78, 5) is 28.1. The van der Waals surface area contributed by atoms with Crippen LogP contribution in [-0.4, -0.2) is 49.1 Å². The Morgan fingerprint density at radius 1 is 1.09 bits per heavy atom. The van der Waals surface area contributed by atoms with E-state index in [1.165, 1.54) is 11.1 Å². The van der Waals surface area contributed by atoms with E-state index < -0.39 is 0 Å². The number of ether oxygens (including phenoxy) is 1. The van der Waals surface area contributed by atoms with Gasteiger partial charge in [0.15, 0.2) is 0 Å². The topological polar surface area (TPSA) is 82.4 Å². The first-order valence-electron chi connectivity index (χ1n) is 13.2. The quantitative estimate of drug-likeness (QED) is 0.744. The van der Waals surface area contributed by atoms with Crippen LogP contribution in [0.15, 0.2) is 24.3 Å². The Balaban J connectivity index is 1.08. The van der Waals surface area contributed by atoms with Gasteiger partial charge in [0, 0.05) is 37.4 Å². The molecule has 0 bridgehead atoms. The number of piperidine rings is 1. The van der Waals surface area contributed by atoms with Gasteiger partial charge < -0.3 is 15.0 Å². The maximum Gasteiger partial charge on any atom is 0.226 e. The summed E-state index contributed by atoms with van der Waals surface area (Å²) in [5.41, 5.74) is 2.83. The molecule has 2 unspecified atom stereocenters. The highest BCUT2D eigenvalue weighted by atomic mass is 16.5. The molecule has 0 radical (unpaired) electrons. The second-order valence-corrected chi connectivity index (χ2v) is 11.4. The minimum absolute atomic E-state index is 0.0890. The average Bonchev–Trinajstić information content (AvgIpc) is 3.18. The first-order chi connectivity index (χ1) is 16.6. The smallest absolute Gasteiger partial charge is 0.226 e. The van der Waals surface area contributed by atoms with E-state index in [1.54, 1.807) is 0 Å². The van der Waals surface area contributed by atoms with Gasteiger partial charge >= 0.3 is 0 Å². The fourth-order valence-electron chi connectivity index (χ4n) is 7.53. The van der Waals surface area contributed by atoms with Gasteiger partial charge in [0.2, 0.25) is 11.8 Å². The highest BCUT2D eigenvalue weighted by Gasteiger charge is 2.59. The molecule has 1 N–H and O–H groups in total. The zero-order valence-corrected chi connectivity index (χ0v) is 19.9. The van der Waals surface area contributed by atoms with Crippen LogP contribution in [0.1, 0.15) is 68.4 Å². The first-order valence-corrected chi connectivity index (χ1v) is 13.2. The molecule has 1 spiro atoms. The van der Waals surface area contributed by atoms with Gasteiger partial charge in [-0.25, -0.2) is 0 Å². The Morgan fingerprint density at radius 3 is 2.50 bits per heavy atom. The Bertz CT molecular complexity index is 990. The molecule has 4 fully saturated rings. The number of nitrogens with zero attached hydrogens (tertiary/aromatic N) is 2. The van der Waals surface area contributed by atoms with Crippen molar-refractivity contribution in [3.63, 3.8) is 0 Å². The van der Waals surface area contributed by atoms with Gasteiger partial charge in [-0.1, -0.05) is 24.3 Å². The molecule has 5 aliphatic rings. The second kappa shape index (κ2) is 8.68. The third-order valence-electron chi connectivity index (χ3n) is 9.59. The lowest BCUT2D eigenvalue weighted by Crippen LogP contribution is -2.45. The van der Waals surface area contributed by atoms with Crippen LogP contribution in [0.25, 0.3) is 0 Å². The summed E-state index contributed by atoms with van der Waals surface area (Å²) in [6, 6.07) is 11.3. The molecule has 180 valence electrons. The molecule has 4 atom stereocenters. The zero-order valence-electron chi connectivity index (χ0n) is 19.9. The maximum absolute atomic E-state index is 13.1. The van der Waals surface area contributed by atoms with Gasteiger partial charge in [-0.05, 0) is 79.2 Å². The summed E-state index contributed by atoms with van der Waals surface area (Å²) in [5.74, 6) is 2.03. The molecule has 2 heterocycles. The molecular formula is C28H35N3O3. The van der Waals surface area contributed by atoms with Gasteiger partial charge in [0.25, 0.3) is 0 Å². The summed E-state index contributed by atoms with van der Waals surface area (Å²) in [6.07, 6.45) is 7.12. The molecule has 6 rings (SSSR count). The summed E-state index contributed by atoms with van der Waals surface area (Å²) in [5, 5.41) is 12.4. The highest BCUT2D eigenvalue weighted by Crippen LogP contribution is 2.55. The zero-order chi connectivity index (χ0) is 23.3. The van der Waals surface area contributed by atoms with Crippen LogP contribution in [0.2, 0.25) is 0 Å². The Morgan fingerprint density at radius 2 is 1.79 bits per heavy atom. The van der Waals surface area contributed by atoms with Gasteiger partial charge in [-0.3, -0.25) is 9.59 Å². The molecule has 2 aliphatic heterocycles. The Hall–Kier alpha value is -2.39. The molecule has 2 saturated carbocycles. The molecule has 0 aromatic heterocycles. The van der Waals surface area contributed by atoms with E-state index in [4.69, 9.17) is 10.00 Å². The number of nitrogens with one attached hydrogen (secondary N) is 1. The molecular weight excluding hydrogens is 426 g/mol. The summed E-state index contributed by atoms with van der Waals surface area (Å²) in [7, 11) is 0.